The van der Waals surface area contributed by atoms with Crippen molar-refractivity contribution in [3.8, 4) is 16.6 Å². The van der Waals surface area contributed by atoms with Gasteiger partial charge in [-0.25, -0.2) is 0 Å². The average molecular weight is 481 g/mol. The first-order valence-electron chi connectivity index (χ1n) is 9.66. The van der Waals surface area contributed by atoms with E-state index < -0.39 is 10.4 Å². The van der Waals surface area contributed by atoms with E-state index in [1.165, 1.54) is 6.07 Å². The van der Waals surface area contributed by atoms with Gasteiger partial charge in [0.1, 0.15) is 16.5 Å². The van der Waals surface area contributed by atoms with Gasteiger partial charge in [0.25, 0.3) is 4.21 Å². The SMILES string of the molecule is COc1ccc(N[S+](=O)(O)c2cc(Cl)c(Oc3cccc(N4CCNCC4)c3)s2)cc1. The molecule has 0 spiro atoms. The highest BCUT2D eigenvalue weighted by Gasteiger charge is 2.34. The maximum absolute atomic E-state index is 12.9. The van der Waals surface area contributed by atoms with E-state index in [4.69, 9.17) is 21.1 Å². The van der Waals surface area contributed by atoms with Crippen LogP contribution in [0.5, 0.6) is 16.6 Å². The highest BCUT2D eigenvalue weighted by Crippen LogP contribution is 2.42. The first-order valence-corrected chi connectivity index (χ1v) is 12.4. The Hall–Kier alpha value is -2.30. The summed E-state index contributed by atoms with van der Waals surface area (Å²) in [6, 6.07) is 16.0. The number of nitrogens with one attached hydrogen (secondary N) is 2. The second-order valence-corrected chi connectivity index (χ2v) is 10.3. The summed E-state index contributed by atoms with van der Waals surface area (Å²) in [5.41, 5.74) is 1.56. The third-order valence-corrected chi connectivity index (χ3v) is 8.07. The highest BCUT2D eigenvalue weighted by atomic mass is 35.5. The molecule has 2 aromatic carbocycles. The minimum absolute atomic E-state index is 0.182. The van der Waals surface area contributed by atoms with Crippen LogP contribution >= 0.6 is 22.9 Å². The van der Waals surface area contributed by atoms with Crippen molar-refractivity contribution in [2.24, 2.45) is 0 Å². The number of hydrogen-bond donors (Lipinski definition) is 3. The maximum atomic E-state index is 12.9. The molecule has 1 unspecified atom stereocenters. The van der Waals surface area contributed by atoms with Crippen LogP contribution in [0.15, 0.2) is 58.8 Å². The second-order valence-electron chi connectivity index (χ2n) is 6.89. The highest BCUT2D eigenvalue weighted by molar-refractivity contribution is 8.00. The second kappa shape index (κ2) is 9.46. The molecule has 0 radical (unpaired) electrons. The van der Waals surface area contributed by atoms with Gasteiger partial charge in [-0.15, -0.1) is 0 Å². The van der Waals surface area contributed by atoms with Gasteiger partial charge in [-0.2, -0.15) is 9.27 Å². The number of hydrogen-bond acceptors (Lipinski definition) is 6. The summed E-state index contributed by atoms with van der Waals surface area (Å²) >= 11 is 7.36. The third-order valence-electron chi connectivity index (χ3n) is 4.76. The van der Waals surface area contributed by atoms with Gasteiger partial charge in [-0.05, 0) is 51.9 Å². The molecular weight excluding hydrogens is 458 g/mol. The van der Waals surface area contributed by atoms with Crippen molar-refractivity contribution in [2.75, 3.05) is 42.9 Å². The molecule has 3 N–H and O–H groups in total. The molecule has 1 aliphatic heterocycles. The summed E-state index contributed by atoms with van der Waals surface area (Å²) in [6.07, 6.45) is 0. The molecule has 0 bridgehead atoms. The fourth-order valence-corrected chi connectivity index (χ4v) is 5.87. The van der Waals surface area contributed by atoms with Gasteiger partial charge in [0.2, 0.25) is 5.06 Å². The largest absolute Gasteiger partial charge is 0.497 e. The summed E-state index contributed by atoms with van der Waals surface area (Å²) < 4.78 is 37.3. The van der Waals surface area contributed by atoms with Gasteiger partial charge in [-0.3, -0.25) is 0 Å². The van der Waals surface area contributed by atoms with Crippen LogP contribution in [-0.4, -0.2) is 37.8 Å². The van der Waals surface area contributed by atoms with Crippen molar-refractivity contribution in [3.63, 3.8) is 0 Å². The Balaban J connectivity index is 1.50. The molecule has 3 aromatic rings. The van der Waals surface area contributed by atoms with E-state index in [1.807, 2.05) is 24.3 Å². The summed E-state index contributed by atoms with van der Waals surface area (Å²) in [5.74, 6) is 1.28. The van der Waals surface area contributed by atoms with E-state index in [2.05, 4.69) is 14.9 Å². The number of nitrogens with zero attached hydrogens (tertiary/aromatic N) is 1. The van der Waals surface area contributed by atoms with Crippen molar-refractivity contribution >= 4 is 44.7 Å². The van der Waals surface area contributed by atoms with E-state index in [0.29, 0.717) is 22.2 Å². The fourth-order valence-electron chi connectivity index (χ4n) is 3.18. The van der Waals surface area contributed by atoms with Crippen molar-refractivity contribution in [2.45, 2.75) is 4.21 Å². The summed E-state index contributed by atoms with van der Waals surface area (Å²) in [5, 5.41) is 3.99. The predicted molar refractivity (Wildman–Crippen MR) is 126 cm³/mol. The Morgan fingerprint density at radius 2 is 1.87 bits per heavy atom. The van der Waals surface area contributed by atoms with Crippen LogP contribution < -0.4 is 24.4 Å². The molecule has 164 valence electrons. The quantitative estimate of drug-likeness (QED) is 0.414. The van der Waals surface area contributed by atoms with Crippen LogP contribution in [0.25, 0.3) is 0 Å². The van der Waals surface area contributed by atoms with Crippen LogP contribution in [0.2, 0.25) is 5.02 Å². The van der Waals surface area contributed by atoms with Gasteiger partial charge in [0, 0.05) is 44.0 Å². The summed E-state index contributed by atoms with van der Waals surface area (Å²) in [6.45, 7) is 3.74. The van der Waals surface area contributed by atoms with Gasteiger partial charge in [0.05, 0.1) is 12.8 Å². The number of methoxy groups -OCH3 is 1. The Labute approximate surface area is 191 Å². The smallest absolute Gasteiger partial charge is 0.356 e. The zero-order valence-electron chi connectivity index (χ0n) is 16.8. The van der Waals surface area contributed by atoms with E-state index in [1.54, 1.807) is 31.4 Å². The first-order chi connectivity index (χ1) is 14.9. The zero-order valence-corrected chi connectivity index (χ0v) is 19.2. The summed E-state index contributed by atoms with van der Waals surface area (Å²) in [7, 11) is -1.99. The fraction of sp³-hybridized carbons (Fsp3) is 0.238. The lowest BCUT2D eigenvalue weighted by Crippen LogP contribution is -2.43. The lowest BCUT2D eigenvalue weighted by atomic mass is 10.2. The average Bonchev–Trinajstić information content (AvgIpc) is 3.16. The molecule has 7 nitrogen and oxygen atoms in total. The Bertz CT molecular complexity index is 1080. The number of piperazine rings is 1. The van der Waals surface area contributed by atoms with Crippen LogP contribution in [0.3, 0.4) is 0 Å². The van der Waals surface area contributed by atoms with Gasteiger partial charge in [-0.1, -0.05) is 17.7 Å². The molecule has 1 saturated heterocycles. The van der Waals surface area contributed by atoms with Crippen molar-refractivity contribution in [1.82, 2.24) is 5.32 Å². The molecule has 10 heteroatoms. The molecule has 1 aromatic heterocycles. The lowest BCUT2D eigenvalue weighted by Gasteiger charge is -2.29. The first kappa shape index (κ1) is 21.9. The van der Waals surface area contributed by atoms with Crippen LogP contribution in [0.1, 0.15) is 0 Å². The number of anilines is 2. The molecule has 1 atom stereocenters. The molecule has 31 heavy (non-hydrogen) atoms. The van der Waals surface area contributed by atoms with E-state index in [-0.39, 0.29) is 9.23 Å². The monoisotopic (exact) mass is 480 g/mol. The molecular formula is C21H23ClN3O4S2+. The van der Waals surface area contributed by atoms with Gasteiger partial charge < -0.3 is 19.7 Å². The van der Waals surface area contributed by atoms with E-state index in [0.717, 1.165) is 43.2 Å². The predicted octanol–water partition coefficient (Wildman–Crippen LogP) is 4.97. The topological polar surface area (TPSA) is 83.1 Å². The molecule has 4 rings (SSSR count). The number of halogens is 1. The molecule has 0 saturated carbocycles. The standard InChI is InChI=1S/C21H22ClN3O4S2/c1-28-17-7-5-15(6-8-17)24-31(26,27)20-14-19(22)21(30-20)29-18-4-2-3-16(13-18)25-11-9-23-10-12-25/h2-8,13-14,23H,9-12H2,1H3,(H-,24,26,27)/p+1. The minimum atomic E-state index is -3.55. The Morgan fingerprint density at radius 1 is 1.13 bits per heavy atom. The summed E-state index contributed by atoms with van der Waals surface area (Å²) in [4.78, 5) is 2.28. The number of benzene rings is 2. The van der Waals surface area contributed by atoms with Crippen molar-refractivity contribution in [1.29, 1.82) is 0 Å². The number of thiophene rings is 1. The number of rotatable bonds is 7. The van der Waals surface area contributed by atoms with Crippen LogP contribution in [0.4, 0.5) is 11.4 Å². The molecule has 1 fully saturated rings. The van der Waals surface area contributed by atoms with Gasteiger partial charge >= 0.3 is 10.4 Å². The minimum Gasteiger partial charge on any atom is -0.497 e. The maximum Gasteiger partial charge on any atom is 0.356 e. The Morgan fingerprint density at radius 3 is 2.58 bits per heavy atom. The Kier molecular flexibility index (Phi) is 6.68. The van der Waals surface area contributed by atoms with Crippen molar-refractivity contribution in [3.05, 3.63) is 59.6 Å². The molecule has 0 aliphatic carbocycles. The molecule has 0 amide bonds. The van der Waals surface area contributed by atoms with Crippen LogP contribution in [0, 0.1) is 0 Å². The van der Waals surface area contributed by atoms with Gasteiger partial charge in [0.15, 0.2) is 0 Å². The normalized spacial score (nSPS) is 15.9. The van der Waals surface area contributed by atoms with E-state index in [9.17, 15) is 8.76 Å². The van der Waals surface area contributed by atoms with E-state index >= 15 is 0 Å². The third kappa shape index (κ3) is 5.31. The number of ether oxygens (including phenoxy) is 2. The van der Waals surface area contributed by atoms with Crippen LogP contribution in [-0.2, 0) is 14.6 Å². The van der Waals surface area contributed by atoms with Crippen molar-refractivity contribution < 1.29 is 18.2 Å². The lowest BCUT2D eigenvalue weighted by molar-refractivity contribution is 0.415. The molecule has 1 aliphatic rings. The zero-order chi connectivity index (χ0) is 21.8. The molecule has 2 heterocycles.